The second-order valence-electron chi connectivity index (χ2n) is 4.86. The Balaban J connectivity index is 1.99. The molecule has 1 aromatic rings. The minimum Gasteiger partial charge on any atom is -0.277 e. The molecule has 2 rings (SSSR count). The highest BCUT2D eigenvalue weighted by atomic mass is 35.5. The molecule has 0 saturated heterocycles. The number of halogens is 1. The highest BCUT2D eigenvalue weighted by Crippen LogP contribution is 2.24. The number of hydrazine groups is 1. The molecule has 1 fully saturated rings. The number of hydrogen-bond donors (Lipinski definition) is 2. The van der Waals surface area contributed by atoms with Gasteiger partial charge in [-0.1, -0.05) is 43.0 Å². The molecule has 1 aliphatic rings. The van der Waals surface area contributed by atoms with Gasteiger partial charge in [-0.05, 0) is 25.0 Å². The summed E-state index contributed by atoms with van der Waals surface area (Å²) >= 11 is 5.84. The minimum absolute atomic E-state index is 0.0504. The van der Waals surface area contributed by atoms with Crippen LogP contribution >= 0.6 is 11.6 Å². The Bertz CT molecular complexity index is 583. The van der Waals surface area contributed by atoms with Gasteiger partial charge in [-0.2, -0.15) is 0 Å². The van der Waals surface area contributed by atoms with Gasteiger partial charge in [0.25, 0.3) is 10.0 Å². The molecule has 0 unspecified atom stereocenters. The number of nitrogens with one attached hydrogen (secondary N) is 2. The predicted octanol–water partition coefficient (Wildman–Crippen LogP) is 2.23. The van der Waals surface area contributed by atoms with E-state index in [1.807, 2.05) is 0 Å². The van der Waals surface area contributed by atoms with Crippen LogP contribution in [0.3, 0.4) is 0 Å². The number of carbonyl (C=O) groups excluding carboxylic acids is 1. The van der Waals surface area contributed by atoms with Crippen LogP contribution < -0.4 is 10.3 Å². The lowest BCUT2D eigenvalue weighted by molar-refractivity contribution is -0.126. The average Bonchev–Trinajstić information content (AvgIpc) is 2.46. The topological polar surface area (TPSA) is 75.3 Å². The number of hydrogen-bond acceptors (Lipinski definition) is 3. The lowest BCUT2D eigenvalue weighted by Crippen LogP contribution is -2.44. The number of amides is 1. The summed E-state index contributed by atoms with van der Waals surface area (Å²) in [6.45, 7) is 0. The summed E-state index contributed by atoms with van der Waals surface area (Å²) in [5.74, 6) is -0.391. The summed E-state index contributed by atoms with van der Waals surface area (Å²) in [5, 5.41) is 0.118. The summed E-state index contributed by atoms with van der Waals surface area (Å²) in [5.41, 5.74) is 2.28. The summed E-state index contributed by atoms with van der Waals surface area (Å²) in [6, 6.07) is 6.09. The minimum atomic E-state index is -3.84. The standard InChI is InChI=1S/C13H17ClN2O3S/c14-11-8-4-5-9-12(11)20(18,19)16-15-13(17)10-6-2-1-3-7-10/h4-5,8-10,16H,1-3,6-7H2,(H,15,17). The first kappa shape index (κ1) is 15.3. The molecule has 0 bridgehead atoms. The van der Waals surface area contributed by atoms with Crippen LogP contribution in [-0.2, 0) is 14.8 Å². The molecular formula is C13H17ClN2O3S. The van der Waals surface area contributed by atoms with Gasteiger partial charge < -0.3 is 0 Å². The Kier molecular flexibility index (Phi) is 5.01. The smallest absolute Gasteiger partial charge is 0.258 e. The Labute approximate surface area is 123 Å². The molecule has 1 aromatic carbocycles. The van der Waals surface area contributed by atoms with E-state index in [2.05, 4.69) is 10.3 Å². The number of carbonyl (C=O) groups is 1. The second-order valence-corrected chi connectivity index (χ2v) is 6.92. The Morgan fingerprint density at radius 1 is 1.15 bits per heavy atom. The van der Waals surface area contributed by atoms with Crippen molar-refractivity contribution in [1.29, 1.82) is 0 Å². The highest BCUT2D eigenvalue weighted by molar-refractivity contribution is 7.89. The fourth-order valence-corrected chi connectivity index (χ4v) is 3.67. The summed E-state index contributed by atoms with van der Waals surface area (Å²) in [7, 11) is -3.84. The quantitative estimate of drug-likeness (QED) is 0.836. The van der Waals surface area contributed by atoms with Gasteiger partial charge in [0, 0.05) is 5.92 Å². The summed E-state index contributed by atoms with van der Waals surface area (Å²) in [4.78, 5) is 13.9. The van der Waals surface area contributed by atoms with Gasteiger partial charge in [-0.25, -0.2) is 8.42 Å². The van der Waals surface area contributed by atoms with Crippen LogP contribution in [0.25, 0.3) is 0 Å². The molecule has 1 aliphatic carbocycles. The van der Waals surface area contributed by atoms with Crippen molar-refractivity contribution in [3.05, 3.63) is 29.3 Å². The molecule has 7 heteroatoms. The highest BCUT2D eigenvalue weighted by Gasteiger charge is 2.23. The first-order valence-corrected chi connectivity index (χ1v) is 8.43. The van der Waals surface area contributed by atoms with E-state index in [1.165, 1.54) is 12.1 Å². The Morgan fingerprint density at radius 2 is 1.80 bits per heavy atom. The van der Waals surface area contributed by atoms with Crippen molar-refractivity contribution in [1.82, 2.24) is 10.3 Å². The number of benzene rings is 1. The maximum absolute atomic E-state index is 12.0. The zero-order chi connectivity index (χ0) is 14.6. The molecule has 0 aromatic heterocycles. The van der Waals surface area contributed by atoms with Gasteiger partial charge in [-0.15, -0.1) is 4.83 Å². The molecule has 0 aliphatic heterocycles. The number of rotatable bonds is 4. The molecule has 20 heavy (non-hydrogen) atoms. The van der Waals surface area contributed by atoms with Gasteiger partial charge in [0.05, 0.1) is 5.02 Å². The summed E-state index contributed by atoms with van der Waals surface area (Å²) in [6.07, 6.45) is 4.76. The van der Waals surface area contributed by atoms with Gasteiger partial charge in [-0.3, -0.25) is 10.2 Å². The fourth-order valence-electron chi connectivity index (χ4n) is 2.30. The third kappa shape index (κ3) is 3.71. The largest absolute Gasteiger partial charge is 0.277 e. The maximum Gasteiger partial charge on any atom is 0.258 e. The molecule has 0 radical (unpaired) electrons. The van der Waals surface area contributed by atoms with Crippen molar-refractivity contribution in [3.8, 4) is 0 Å². The third-order valence-corrected chi connectivity index (χ3v) is 5.16. The van der Waals surface area contributed by atoms with Crippen molar-refractivity contribution in [2.45, 2.75) is 37.0 Å². The Morgan fingerprint density at radius 3 is 2.45 bits per heavy atom. The molecule has 5 nitrogen and oxygen atoms in total. The Hall–Kier alpha value is -1.11. The normalized spacial score (nSPS) is 16.9. The monoisotopic (exact) mass is 316 g/mol. The zero-order valence-corrected chi connectivity index (χ0v) is 12.5. The van der Waals surface area contributed by atoms with E-state index in [4.69, 9.17) is 11.6 Å². The lowest BCUT2D eigenvalue weighted by atomic mass is 9.89. The van der Waals surface area contributed by atoms with Gasteiger partial charge in [0.15, 0.2) is 0 Å². The van der Waals surface area contributed by atoms with Crippen molar-refractivity contribution < 1.29 is 13.2 Å². The first-order valence-electron chi connectivity index (χ1n) is 6.57. The van der Waals surface area contributed by atoms with Gasteiger partial charge in [0.2, 0.25) is 5.91 Å². The van der Waals surface area contributed by atoms with Crippen molar-refractivity contribution in [3.63, 3.8) is 0 Å². The molecule has 0 spiro atoms. The van der Waals surface area contributed by atoms with E-state index >= 15 is 0 Å². The molecule has 1 amide bonds. The van der Waals surface area contributed by atoms with Crippen LogP contribution in [0.2, 0.25) is 5.02 Å². The van der Waals surface area contributed by atoms with E-state index < -0.39 is 10.0 Å². The first-order chi connectivity index (χ1) is 9.50. The zero-order valence-electron chi connectivity index (χ0n) is 10.9. The van der Waals surface area contributed by atoms with E-state index in [0.717, 1.165) is 32.1 Å². The van der Waals surface area contributed by atoms with Gasteiger partial charge in [0.1, 0.15) is 4.90 Å². The van der Waals surface area contributed by atoms with Crippen molar-refractivity contribution in [2.75, 3.05) is 0 Å². The lowest BCUT2D eigenvalue weighted by Gasteiger charge is -2.20. The molecule has 0 heterocycles. The van der Waals surface area contributed by atoms with Crippen molar-refractivity contribution in [2.24, 2.45) is 5.92 Å². The van der Waals surface area contributed by atoms with Crippen LogP contribution in [-0.4, -0.2) is 14.3 Å². The van der Waals surface area contributed by atoms with Crippen LogP contribution in [0.4, 0.5) is 0 Å². The van der Waals surface area contributed by atoms with E-state index in [-0.39, 0.29) is 21.7 Å². The molecular weight excluding hydrogens is 300 g/mol. The van der Waals surface area contributed by atoms with Gasteiger partial charge >= 0.3 is 0 Å². The predicted molar refractivity (Wildman–Crippen MR) is 76.5 cm³/mol. The van der Waals surface area contributed by atoms with E-state index in [1.54, 1.807) is 12.1 Å². The molecule has 0 atom stereocenters. The molecule has 1 saturated carbocycles. The second kappa shape index (κ2) is 6.56. The van der Waals surface area contributed by atoms with E-state index in [9.17, 15) is 13.2 Å². The van der Waals surface area contributed by atoms with Crippen LogP contribution in [0.1, 0.15) is 32.1 Å². The SMILES string of the molecule is O=C(NNS(=O)(=O)c1ccccc1Cl)C1CCCCC1. The third-order valence-electron chi connectivity index (χ3n) is 3.41. The van der Waals surface area contributed by atoms with Crippen LogP contribution in [0.5, 0.6) is 0 Å². The molecule has 110 valence electrons. The average molecular weight is 317 g/mol. The maximum atomic E-state index is 12.0. The fraction of sp³-hybridized carbons (Fsp3) is 0.462. The van der Waals surface area contributed by atoms with Crippen molar-refractivity contribution >= 4 is 27.5 Å². The van der Waals surface area contributed by atoms with Crippen LogP contribution in [0, 0.1) is 5.92 Å². The molecule has 2 N–H and O–H groups in total. The van der Waals surface area contributed by atoms with E-state index in [0.29, 0.717) is 0 Å². The van der Waals surface area contributed by atoms with Crippen LogP contribution in [0.15, 0.2) is 29.2 Å². The number of sulfonamides is 1. The summed E-state index contributed by atoms with van der Waals surface area (Å²) < 4.78 is 24.1.